The van der Waals surface area contributed by atoms with Gasteiger partial charge in [-0.25, -0.2) is 9.78 Å². The molecule has 1 rings (SSSR count). The van der Waals surface area contributed by atoms with E-state index in [1.165, 1.54) is 12.3 Å². The topological polar surface area (TPSA) is 62.2 Å². The van der Waals surface area contributed by atoms with Crippen molar-refractivity contribution in [3.05, 3.63) is 22.8 Å². The molecule has 0 spiro atoms. The van der Waals surface area contributed by atoms with Crippen molar-refractivity contribution in [2.45, 2.75) is 18.6 Å². The molecule has 6 heteroatoms. The molecule has 0 aliphatic carbocycles. The maximum Gasteiger partial charge on any atom is 0.337 e. The van der Waals surface area contributed by atoms with Gasteiger partial charge in [0.25, 0.3) is 0 Å². The predicted molar refractivity (Wildman–Crippen MR) is 72.3 cm³/mol. The Kier molecular flexibility index (Phi) is 4.65. The lowest BCUT2D eigenvalue weighted by molar-refractivity contribution is 0.0697. The molecule has 0 radical (unpaired) electrons. The third kappa shape index (κ3) is 4.09. The van der Waals surface area contributed by atoms with Crippen molar-refractivity contribution in [3.8, 4) is 0 Å². The Morgan fingerprint density at radius 2 is 2.29 bits per heavy atom. The second kappa shape index (κ2) is 5.60. The first-order valence-corrected chi connectivity index (χ1v) is 6.64. The average Bonchev–Trinajstić information content (AvgIpc) is 2.27. The minimum absolute atomic E-state index is 0.0602. The number of hydrogen-bond acceptors (Lipinski definition) is 4. The zero-order valence-corrected chi connectivity index (χ0v) is 11.5. The largest absolute Gasteiger partial charge is 0.478 e. The lowest BCUT2D eigenvalue weighted by atomic mass is 10.2. The first-order chi connectivity index (χ1) is 7.85. The van der Waals surface area contributed by atoms with Gasteiger partial charge in [-0.2, -0.15) is 11.8 Å². The van der Waals surface area contributed by atoms with Gasteiger partial charge in [-0.05, 0) is 26.2 Å². The zero-order valence-electron chi connectivity index (χ0n) is 9.95. The third-order valence-electron chi connectivity index (χ3n) is 2.33. The molecule has 0 amide bonds. The van der Waals surface area contributed by atoms with Crippen LogP contribution in [0, 0.1) is 0 Å². The molecule has 0 aliphatic rings. The minimum atomic E-state index is -1.05. The number of carbonyl (C=O) groups is 1. The number of aromatic nitrogens is 1. The summed E-state index contributed by atoms with van der Waals surface area (Å²) in [6, 6.07) is 1.45. The molecule has 1 aromatic rings. The van der Waals surface area contributed by atoms with Crippen LogP contribution in [-0.4, -0.2) is 33.6 Å². The van der Waals surface area contributed by atoms with E-state index in [1.54, 1.807) is 11.8 Å². The maximum atomic E-state index is 10.9. The van der Waals surface area contributed by atoms with E-state index in [2.05, 4.69) is 24.1 Å². The molecule has 17 heavy (non-hydrogen) atoms. The van der Waals surface area contributed by atoms with Crippen LogP contribution in [0.2, 0.25) is 5.02 Å². The molecule has 0 unspecified atom stereocenters. The average molecular weight is 275 g/mol. The molecular formula is C11H15ClN2O2S. The normalized spacial score (nSPS) is 11.3. The molecule has 2 N–H and O–H groups in total. The van der Waals surface area contributed by atoms with Gasteiger partial charge in [-0.15, -0.1) is 0 Å². The summed E-state index contributed by atoms with van der Waals surface area (Å²) in [5.41, 5.74) is 0.0612. The van der Waals surface area contributed by atoms with Crippen LogP contribution >= 0.6 is 23.4 Å². The molecule has 94 valence electrons. The van der Waals surface area contributed by atoms with E-state index in [-0.39, 0.29) is 15.3 Å². The Labute approximate surface area is 110 Å². The second-order valence-corrected chi connectivity index (χ2v) is 6.09. The van der Waals surface area contributed by atoms with E-state index in [9.17, 15) is 4.79 Å². The van der Waals surface area contributed by atoms with Gasteiger partial charge in [-0.3, -0.25) is 0 Å². The predicted octanol–water partition coefficient (Wildman–Crippen LogP) is 2.99. The molecule has 0 saturated carbocycles. The van der Waals surface area contributed by atoms with Crippen molar-refractivity contribution in [2.75, 3.05) is 18.1 Å². The van der Waals surface area contributed by atoms with Gasteiger partial charge in [0, 0.05) is 17.5 Å². The van der Waals surface area contributed by atoms with Crippen LogP contribution in [0.1, 0.15) is 24.2 Å². The van der Waals surface area contributed by atoms with Gasteiger partial charge in [0.15, 0.2) is 0 Å². The summed E-state index contributed by atoms with van der Waals surface area (Å²) in [6.45, 7) is 4.89. The number of nitrogens with one attached hydrogen (secondary N) is 1. The standard InChI is InChI=1S/C11H15ClN2O2S/c1-11(2,17-3)6-14-9-4-7(10(15)16)8(12)5-13-9/h4-5H,6H2,1-3H3,(H,13,14)(H,15,16). The molecular weight excluding hydrogens is 260 g/mol. The molecule has 1 aromatic heterocycles. The number of aromatic carboxylic acids is 1. The minimum Gasteiger partial charge on any atom is -0.478 e. The van der Waals surface area contributed by atoms with Crippen LogP contribution in [-0.2, 0) is 0 Å². The highest BCUT2D eigenvalue weighted by Crippen LogP contribution is 2.22. The molecule has 0 saturated heterocycles. The quantitative estimate of drug-likeness (QED) is 0.864. The number of halogens is 1. The summed E-state index contributed by atoms with van der Waals surface area (Å²) in [5.74, 6) is -0.529. The number of rotatable bonds is 5. The summed E-state index contributed by atoms with van der Waals surface area (Å²) in [5, 5.41) is 12.2. The van der Waals surface area contributed by atoms with Crippen molar-refractivity contribution in [2.24, 2.45) is 0 Å². The molecule has 0 atom stereocenters. The SMILES string of the molecule is CSC(C)(C)CNc1cc(C(=O)O)c(Cl)cn1. The van der Waals surface area contributed by atoms with Crippen LogP contribution in [0.4, 0.5) is 5.82 Å². The molecule has 0 aromatic carbocycles. The summed E-state index contributed by atoms with van der Waals surface area (Å²) < 4.78 is 0.0602. The highest BCUT2D eigenvalue weighted by Gasteiger charge is 2.16. The van der Waals surface area contributed by atoms with Crippen LogP contribution in [0.3, 0.4) is 0 Å². The maximum absolute atomic E-state index is 10.9. The van der Waals surface area contributed by atoms with Crippen molar-refractivity contribution < 1.29 is 9.90 Å². The van der Waals surface area contributed by atoms with E-state index in [1.807, 2.05) is 6.26 Å². The lowest BCUT2D eigenvalue weighted by Gasteiger charge is -2.22. The molecule has 0 fully saturated rings. The van der Waals surface area contributed by atoms with Crippen molar-refractivity contribution in [3.63, 3.8) is 0 Å². The van der Waals surface area contributed by atoms with Gasteiger partial charge in [0.1, 0.15) is 5.82 Å². The molecule has 4 nitrogen and oxygen atoms in total. The summed E-state index contributed by atoms with van der Waals surface area (Å²) in [4.78, 5) is 14.9. The fourth-order valence-corrected chi connectivity index (χ4v) is 1.48. The van der Waals surface area contributed by atoms with Gasteiger partial charge < -0.3 is 10.4 Å². The number of carboxylic acid groups (broad SMARTS) is 1. The monoisotopic (exact) mass is 274 g/mol. The Balaban J connectivity index is 2.80. The van der Waals surface area contributed by atoms with E-state index in [4.69, 9.17) is 16.7 Å². The van der Waals surface area contributed by atoms with Crippen LogP contribution in [0.5, 0.6) is 0 Å². The Hall–Kier alpha value is -0.940. The second-order valence-electron chi connectivity index (χ2n) is 4.17. The first kappa shape index (κ1) is 14.1. The van der Waals surface area contributed by atoms with Crippen molar-refractivity contribution >= 4 is 35.1 Å². The highest BCUT2D eigenvalue weighted by atomic mass is 35.5. The first-order valence-electron chi connectivity index (χ1n) is 5.03. The van der Waals surface area contributed by atoms with Crippen molar-refractivity contribution in [1.82, 2.24) is 4.98 Å². The fourth-order valence-electron chi connectivity index (χ4n) is 1.07. The van der Waals surface area contributed by atoms with E-state index >= 15 is 0 Å². The van der Waals surface area contributed by atoms with E-state index in [0.717, 1.165) is 0 Å². The number of nitrogens with zero attached hydrogens (tertiary/aromatic N) is 1. The van der Waals surface area contributed by atoms with E-state index < -0.39 is 5.97 Å². The highest BCUT2D eigenvalue weighted by molar-refractivity contribution is 7.99. The number of thioether (sulfide) groups is 1. The Morgan fingerprint density at radius 1 is 1.65 bits per heavy atom. The summed E-state index contributed by atoms with van der Waals surface area (Å²) in [7, 11) is 0. The number of hydrogen-bond donors (Lipinski definition) is 2. The molecule has 0 bridgehead atoms. The fraction of sp³-hybridized carbons (Fsp3) is 0.455. The van der Waals surface area contributed by atoms with Crippen LogP contribution < -0.4 is 5.32 Å². The zero-order chi connectivity index (χ0) is 13.1. The number of pyridine rings is 1. The Bertz CT molecular complexity index is 424. The van der Waals surface area contributed by atoms with Gasteiger partial charge >= 0.3 is 5.97 Å². The third-order valence-corrected chi connectivity index (χ3v) is 3.88. The number of anilines is 1. The van der Waals surface area contributed by atoms with E-state index in [0.29, 0.717) is 12.4 Å². The number of carboxylic acids is 1. The molecule has 0 aliphatic heterocycles. The summed E-state index contributed by atoms with van der Waals surface area (Å²) in [6.07, 6.45) is 3.37. The van der Waals surface area contributed by atoms with Crippen molar-refractivity contribution in [1.29, 1.82) is 0 Å². The Morgan fingerprint density at radius 3 is 2.82 bits per heavy atom. The smallest absolute Gasteiger partial charge is 0.337 e. The van der Waals surface area contributed by atoms with Crippen LogP contribution in [0.15, 0.2) is 12.3 Å². The lowest BCUT2D eigenvalue weighted by Crippen LogP contribution is -2.26. The van der Waals surface area contributed by atoms with Gasteiger partial charge in [0.05, 0.1) is 10.6 Å². The van der Waals surface area contributed by atoms with Gasteiger partial charge in [-0.1, -0.05) is 11.6 Å². The van der Waals surface area contributed by atoms with Gasteiger partial charge in [0.2, 0.25) is 0 Å². The molecule has 1 heterocycles. The summed E-state index contributed by atoms with van der Waals surface area (Å²) >= 11 is 7.46. The van der Waals surface area contributed by atoms with Crippen LogP contribution in [0.25, 0.3) is 0 Å².